The van der Waals surface area contributed by atoms with Gasteiger partial charge in [-0.15, -0.1) is 0 Å². The van der Waals surface area contributed by atoms with Gasteiger partial charge in [0.2, 0.25) is 0 Å². The molecule has 0 fully saturated rings. The van der Waals surface area contributed by atoms with E-state index in [9.17, 15) is 9.90 Å². The van der Waals surface area contributed by atoms with Crippen LogP contribution in [0.5, 0.6) is 0 Å². The van der Waals surface area contributed by atoms with Gasteiger partial charge in [0.25, 0.3) is 5.91 Å². The first-order chi connectivity index (χ1) is 13.8. The molecule has 0 radical (unpaired) electrons. The quantitative estimate of drug-likeness (QED) is 0.617. The van der Waals surface area contributed by atoms with E-state index < -0.39 is 12.0 Å². The minimum Gasteiger partial charge on any atom is -0.387 e. The molecule has 3 rings (SSSR count). The third-order valence-electron chi connectivity index (χ3n) is 4.68. The number of nitrogens with two attached hydrogens (primary N) is 1. The summed E-state index contributed by atoms with van der Waals surface area (Å²) in [4.78, 5) is 11.8. The molecule has 29 heavy (non-hydrogen) atoms. The van der Waals surface area contributed by atoms with Crippen molar-refractivity contribution >= 4 is 17.5 Å². The fourth-order valence-electron chi connectivity index (χ4n) is 3.06. The van der Waals surface area contributed by atoms with Crippen LogP contribution < -0.4 is 5.73 Å². The van der Waals surface area contributed by atoms with E-state index in [-0.39, 0.29) is 11.7 Å². The zero-order chi connectivity index (χ0) is 21.1. The maximum absolute atomic E-state index is 11.8. The maximum atomic E-state index is 11.8. The van der Waals surface area contributed by atoms with Gasteiger partial charge in [0.1, 0.15) is 11.8 Å². The van der Waals surface area contributed by atoms with Crippen LogP contribution in [0.4, 0.5) is 0 Å². The van der Waals surface area contributed by atoms with Gasteiger partial charge in [-0.2, -0.15) is 15.5 Å². The summed E-state index contributed by atoms with van der Waals surface area (Å²) in [5.74, 6) is -0.601. The van der Waals surface area contributed by atoms with Gasteiger partial charge >= 0.3 is 0 Å². The van der Waals surface area contributed by atoms with Gasteiger partial charge in [0.05, 0.1) is 40.7 Å². The highest BCUT2D eigenvalue weighted by atomic mass is 35.5. The van der Waals surface area contributed by atoms with Crippen LogP contribution >= 0.6 is 11.6 Å². The molecule has 3 aromatic rings. The van der Waals surface area contributed by atoms with Crippen molar-refractivity contribution in [3.63, 3.8) is 0 Å². The number of nitriles is 1. The Balaban J connectivity index is 1.87. The predicted octanol–water partition coefficient (Wildman–Crippen LogP) is 3.08. The molecule has 1 amide bonds. The Morgan fingerprint density at radius 1 is 1.34 bits per heavy atom. The summed E-state index contributed by atoms with van der Waals surface area (Å²) in [6.07, 6.45) is 1.70. The normalized spacial score (nSPS) is 13.1. The first kappa shape index (κ1) is 20.6. The topological polar surface area (TPSA) is 123 Å². The van der Waals surface area contributed by atoms with Crippen molar-refractivity contribution in [3.05, 3.63) is 58.5 Å². The molecule has 150 valence electrons. The van der Waals surface area contributed by atoms with Crippen LogP contribution in [0.1, 0.15) is 54.2 Å². The smallest absolute Gasteiger partial charge is 0.267 e. The van der Waals surface area contributed by atoms with Crippen LogP contribution in [-0.4, -0.2) is 30.6 Å². The van der Waals surface area contributed by atoms with Crippen molar-refractivity contribution in [1.82, 2.24) is 19.6 Å². The molecule has 0 bridgehead atoms. The summed E-state index contributed by atoms with van der Waals surface area (Å²) >= 11 is 6.12. The lowest BCUT2D eigenvalue weighted by molar-refractivity contribution is 0.0986. The number of rotatable bonds is 7. The second-order valence-corrected chi connectivity index (χ2v) is 7.14. The number of aliphatic hydroxyl groups is 1. The van der Waals surface area contributed by atoms with E-state index in [4.69, 9.17) is 22.6 Å². The molecule has 0 spiro atoms. The number of aliphatic hydroxyl groups excluding tert-OH is 1. The molecule has 1 aromatic carbocycles. The van der Waals surface area contributed by atoms with Gasteiger partial charge in [0.15, 0.2) is 0 Å². The summed E-state index contributed by atoms with van der Waals surface area (Å²) in [5.41, 5.74) is 8.06. The number of hydrogen-bond acceptors (Lipinski definition) is 5. The fourth-order valence-corrected chi connectivity index (χ4v) is 3.28. The highest BCUT2D eigenvalue weighted by molar-refractivity contribution is 6.32. The fraction of sp³-hybridized carbons (Fsp3) is 0.300. The number of primary amides is 1. The number of aromatic nitrogens is 4. The molecule has 9 heteroatoms. The Hall–Kier alpha value is -3.15. The van der Waals surface area contributed by atoms with E-state index in [0.717, 1.165) is 5.56 Å². The van der Waals surface area contributed by atoms with Crippen molar-refractivity contribution in [2.24, 2.45) is 5.73 Å². The van der Waals surface area contributed by atoms with Gasteiger partial charge in [-0.1, -0.05) is 24.6 Å². The average Bonchev–Trinajstić information content (AvgIpc) is 3.33. The van der Waals surface area contributed by atoms with Gasteiger partial charge in [0, 0.05) is 11.8 Å². The monoisotopic (exact) mass is 412 g/mol. The highest BCUT2D eigenvalue weighted by Crippen LogP contribution is 2.25. The van der Waals surface area contributed by atoms with E-state index in [1.807, 2.05) is 25.3 Å². The molecule has 0 aliphatic heterocycles. The van der Waals surface area contributed by atoms with Crippen LogP contribution in [0.2, 0.25) is 5.02 Å². The van der Waals surface area contributed by atoms with E-state index in [2.05, 4.69) is 10.2 Å². The molecule has 0 aliphatic rings. The molecule has 2 atom stereocenters. The molecule has 8 nitrogen and oxygen atoms in total. The summed E-state index contributed by atoms with van der Waals surface area (Å²) in [7, 11) is 0. The standard InChI is InChI=1S/C20H21ClN6O2/c1-3-15(27-19(20(23)29)9-18(25-27)12(2)28)11-26-7-6-17(24-26)13-4-5-14(10-22)16(21)8-13/h4-9,12,15,28H,3,11H2,1-2H3,(H2,23,29)/t12?,15-/m0/s1. The second kappa shape index (κ2) is 8.47. The number of hydrogen-bond donors (Lipinski definition) is 2. The Bertz CT molecular complexity index is 1080. The first-order valence-corrected chi connectivity index (χ1v) is 9.52. The van der Waals surface area contributed by atoms with E-state index >= 15 is 0 Å². The molecule has 2 aromatic heterocycles. The summed E-state index contributed by atoms with van der Waals surface area (Å²) < 4.78 is 3.31. The van der Waals surface area contributed by atoms with Crippen LogP contribution in [0.15, 0.2) is 36.5 Å². The average molecular weight is 413 g/mol. The lowest BCUT2D eigenvalue weighted by atomic mass is 10.1. The zero-order valence-electron chi connectivity index (χ0n) is 16.1. The lowest BCUT2D eigenvalue weighted by Gasteiger charge is -2.18. The Kier molecular flexibility index (Phi) is 6.01. The van der Waals surface area contributed by atoms with E-state index in [0.29, 0.717) is 34.9 Å². The van der Waals surface area contributed by atoms with E-state index in [1.54, 1.807) is 34.5 Å². The number of carbonyl (C=O) groups excluding carboxylic acids is 1. The second-order valence-electron chi connectivity index (χ2n) is 6.73. The lowest BCUT2D eigenvalue weighted by Crippen LogP contribution is -2.24. The number of carbonyl (C=O) groups is 1. The van der Waals surface area contributed by atoms with Gasteiger partial charge in [-0.25, -0.2) is 0 Å². The maximum Gasteiger partial charge on any atom is 0.267 e. The SMILES string of the molecule is CC[C@@H](Cn1ccc(-c2ccc(C#N)c(Cl)c2)n1)n1nc(C(C)O)cc1C(N)=O. The number of amides is 1. The van der Waals surface area contributed by atoms with Crippen LogP contribution in [0.25, 0.3) is 11.3 Å². The summed E-state index contributed by atoms with van der Waals surface area (Å²) in [5, 5.41) is 28.1. The van der Waals surface area contributed by atoms with Crippen molar-refractivity contribution in [1.29, 1.82) is 5.26 Å². The van der Waals surface area contributed by atoms with Gasteiger partial charge in [-0.3, -0.25) is 14.2 Å². The van der Waals surface area contributed by atoms with Gasteiger partial charge in [-0.05, 0) is 37.6 Å². The molecule has 0 saturated heterocycles. The van der Waals surface area contributed by atoms with Crippen molar-refractivity contribution in [2.75, 3.05) is 0 Å². The zero-order valence-corrected chi connectivity index (χ0v) is 16.8. The number of halogens is 1. The molecular weight excluding hydrogens is 392 g/mol. The Morgan fingerprint density at radius 3 is 2.69 bits per heavy atom. The molecule has 0 aliphatic carbocycles. The van der Waals surface area contributed by atoms with Crippen LogP contribution in [-0.2, 0) is 6.54 Å². The third-order valence-corrected chi connectivity index (χ3v) is 4.99. The number of nitrogens with zero attached hydrogens (tertiary/aromatic N) is 5. The first-order valence-electron chi connectivity index (χ1n) is 9.14. The minimum atomic E-state index is -0.802. The third kappa shape index (κ3) is 4.31. The van der Waals surface area contributed by atoms with Crippen molar-refractivity contribution < 1.29 is 9.90 Å². The van der Waals surface area contributed by atoms with Gasteiger partial charge < -0.3 is 10.8 Å². The van der Waals surface area contributed by atoms with Crippen LogP contribution in [0, 0.1) is 11.3 Å². The molecule has 2 heterocycles. The number of benzene rings is 1. The molecule has 0 saturated carbocycles. The summed E-state index contributed by atoms with van der Waals surface area (Å²) in [6, 6.07) is 10.4. The Morgan fingerprint density at radius 2 is 2.10 bits per heavy atom. The highest BCUT2D eigenvalue weighted by Gasteiger charge is 2.21. The largest absolute Gasteiger partial charge is 0.387 e. The predicted molar refractivity (Wildman–Crippen MR) is 108 cm³/mol. The molecular formula is C20H21ClN6O2. The molecule has 3 N–H and O–H groups in total. The Labute approximate surface area is 173 Å². The summed E-state index contributed by atoms with van der Waals surface area (Å²) in [6.45, 7) is 4.02. The van der Waals surface area contributed by atoms with Crippen LogP contribution in [0.3, 0.4) is 0 Å². The van der Waals surface area contributed by atoms with Crippen molar-refractivity contribution in [3.8, 4) is 17.3 Å². The minimum absolute atomic E-state index is 0.178. The van der Waals surface area contributed by atoms with Crippen molar-refractivity contribution in [2.45, 2.75) is 39.0 Å². The van der Waals surface area contributed by atoms with E-state index in [1.165, 1.54) is 6.07 Å². The molecule has 1 unspecified atom stereocenters.